The number of halogens is 2. The van der Waals surface area contributed by atoms with E-state index in [1.165, 1.54) is 11.9 Å². The molecule has 0 amide bonds. The van der Waals surface area contributed by atoms with E-state index in [0.717, 1.165) is 6.42 Å². The molecule has 0 saturated carbocycles. The van der Waals surface area contributed by atoms with Crippen LogP contribution in [0.3, 0.4) is 0 Å². The van der Waals surface area contributed by atoms with E-state index in [1.807, 2.05) is 6.92 Å². The van der Waals surface area contributed by atoms with Gasteiger partial charge in [0.15, 0.2) is 0 Å². The quantitative estimate of drug-likeness (QED) is 0.800. The predicted octanol–water partition coefficient (Wildman–Crippen LogP) is 1.40. The molecule has 1 heterocycles. The minimum atomic E-state index is -2.45. The molecule has 0 aromatic carbocycles. The Bertz CT molecular complexity index is 377. The molecule has 0 radical (unpaired) electrons. The monoisotopic (exact) mass is 261 g/mol. The van der Waals surface area contributed by atoms with E-state index in [0.29, 0.717) is 6.61 Å². The minimum absolute atomic E-state index is 0.132. The van der Waals surface area contributed by atoms with Crippen molar-refractivity contribution in [3.05, 3.63) is 0 Å². The van der Waals surface area contributed by atoms with Gasteiger partial charge < -0.3 is 15.0 Å². The summed E-state index contributed by atoms with van der Waals surface area (Å²) in [7, 11) is 3.13. The number of nitrogens with zero attached hydrogens (tertiary/aromatic N) is 4. The maximum atomic E-state index is 12.3. The fourth-order valence-electron chi connectivity index (χ4n) is 1.17. The van der Waals surface area contributed by atoms with Gasteiger partial charge in [-0.15, -0.1) is 0 Å². The fourth-order valence-corrected chi connectivity index (χ4v) is 1.17. The van der Waals surface area contributed by atoms with Gasteiger partial charge in [0.05, 0.1) is 13.2 Å². The van der Waals surface area contributed by atoms with Gasteiger partial charge in [-0.25, -0.2) is 8.78 Å². The van der Waals surface area contributed by atoms with Crippen molar-refractivity contribution in [1.29, 1.82) is 0 Å². The highest BCUT2D eigenvalue weighted by atomic mass is 19.3. The molecule has 6 nitrogen and oxygen atoms in total. The summed E-state index contributed by atoms with van der Waals surface area (Å²) in [6.07, 6.45) is -1.65. The molecule has 0 spiro atoms. The van der Waals surface area contributed by atoms with E-state index in [-0.39, 0.29) is 17.9 Å². The Labute approximate surface area is 104 Å². The van der Waals surface area contributed by atoms with Crippen molar-refractivity contribution in [2.75, 3.05) is 37.5 Å². The zero-order valence-electron chi connectivity index (χ0n) is 10.7. The highest BCUT2D eigenvalue weighted by Gasteiger charge is 2.14. The molecule has 1 N–H and O–H groups in total. The van der Waals surface area contributed by atoms with Gasteiger partial charge in [0.2, 0.25) is 11.9 Å². The van der Waals surface area contributed by atoms with Crippen LogP contribution in [0.15, 0.2) is 0 Å². The predicted molar refractivity (Wildman–Crippen MR) is 64.4 cm³/mol. The molecule has 0 saturated heterocycles. The van der Waals surface area contributed by atoms with E-state index >= 15 is 0 Å². The van der Waals surface area contributed by atoms with Crippen molar-refractivity contribution in [1.82, 2.24) is 15.0 Å². The topological polar surface area (TPSA) is 63.2 Å². The van der Waals surface area contributed by atoms with Crippen LogP contribution in [-0.2, 0) is 0 Å². The molecule has 0 unspecified atom stereocenters. The Morgan fingerprint density at radius 1 is 1.33 bits per heavy atom. The highest BCUT2D eigenvalue weighted by molar-refractivity contribution is 5.37. The van der Waals surface area contributed by atoms with Crippen LogP contribution in [0, 0.1) is 0 Å². The summed E-state index contributed by atoms with van der Waals surface area (Å²) in [5.41, 5.74) is 0. The van der Waals surface area contributed by atoms with Gasteiger partial charge in [-0.05, 0) is 6.42 Å². The van der Waals surface area contributed by atoms with Gasteiger partial charge in [0, 0.05) is 14.1 Å². The van der Waals surface area contributed by atoms with Crippen LogP contribution >= 0.6 is 0 Å². The number of aromatic nitrogens is 3. The molecule has 0 bridgehead atoms. The number of anilines is 2. The van der Waals surface area contributed by atoms with Crippen LogP contribution in [0.25, 0.3) is 0 Å². The second-order valence-corrected chi connectivity index (χ2v) is 3.61. The van der Waals surface area contributed by atoms with Crippen molar-refractivity contribution >= 4 is 11.9 Å². The van der Waals surface area contributed by atoms with Crippen molar-refractivity contribution in [2.45, 2.75) is 19.8 Å². The number of ether oxygens (including phenoxy) is 1. The molecule has 1 aromatic rings. The summed E-state index contributed by atoms with van der Waals surface area (Å²) in [5.74, 6) is 0.438. The Hall–Kier alpha value is -1.73. The third-order valence-electron chi connectivity index (χ3n) is 2.02. The van der Waals surface area contributed by atoms with Crippen molar-refractivity contribution in [3.63, 3.8) is 0 Å². The zero-order valence-corrected chi connectivity index (χ0v) is 10.7. The lowest BCUT2D eigenvalue weighted by atomic mass is 10.5. The summed E-state index contributed by atoms with van der Waals surface area (Å²) in [5, 5.41) is 2.74. The van der Waals surface area contributed by atoms with E-state index in [9.17, 15) is 8.78 Å². The maximum absolute atomic E-state index is 12.3. The Morgan fingerprint density at radius 3 is 2.61 bits per heavy atom. The first-order valence-corrected chi connectivity index (χ1v) is 5.62. The van der Waals surface area contributed by atoms with Crippen LogP contribution in [0.4, 0.5) is 20.7 Å². The molecule has 1 aromatic heterocycles. The number of rotatable bonds is 7. The molecule has 0 fully saturated rings. The first-order valence-electron chi connectivity index (χ1n) is 5.62. The van der Waals surface area contributed by atoms with Gasteiger partial charge in [-0.3, -0.25) is 0 Å². The number of nitrogens with one attached hydrogen (secondary N) is 1. The second-order valence-electron chi connectivity index (χ2n) is 3.61. The molecule has 1 rings (SSSR count). The lowest BCUT2D eigenvalue weighted by Gasteiger charge is -2.17. The van der Waals surface area contributed by atoms with E-state index in [1.54, 1.807) is 7.05 Å². The van der Waals surface area contributed by atoms with Crippen molar-refractivity contribution in [2.24, 2.45) is 0 Å². The molecule has 0 atom stereocenters. The van der Waals surface area contributed by atoms with E-state index in [4.69, 9.17) is 4.74 Å². The summed E-state index contributed by atoms with van der Waals surface area (Å²) < 4.78 is 29.9. The van der Waals surface area contributed by atoms with Crippen LogP contribution in [0.2, 0.25) is 0 Å². The van der Waals surface area contributed by atoms with E-state index in [2.05, 4.69) is 20.3 Å². The summed E-state index contributed by atoms with van der Waals surface area (Å²) in [6.45, 7) is 1.97. The van der Waals surface area contributed by atoms with E-state index < -0.39 is 13.0 Å². The van der Waals surface area contributed by atoms with Gasteiger partial charge in [0.25, 0.3) is 6.43 Å². The van der Waals surface area contributed by atoms with Gasteiger partial charge in [0.1, 0.15) is 0 Å². The Morgan fingerprint density at radius 2 is 2.06 bits per heavy atom. The minimum Gasteiger partial charge on any atom is -0.463 e. The second kappa shape index (κ2) is 6.87. The van der Waals surface area contributed by atoms with Crippen LogP contribution < -0.4 is 15.0 Å². The molecule has 0 aliphatic carbocycles. The normalized spacial score (nSPS) is 10.6. The summed E-state index contributed by atoms with van der Waals surface area (Å²) in [6, 6.07) is 0.132. The lowest BCUT2D eigenvalue weighted by Crippen LogP contribution is -2.26. The van der Waals surface area contributed by atoms with Crippen LogP contribution in [0.5, 0.6) is 6.01 Å². The van der Waals surface area contributed by atoms with Crippen molar-refractivity contribution < 1.29 is 13.5 Å². The standard InChI is InChI=1S/C10H17F2N5O/c1-4-5-18-10-15-8(13-2)14-9(16-10)17(3)6-7(11)12/h7H,4-6H2,1-3H3,(H,13,14,15,16). The maximum Gasteiger partial charge on any atom is 0.323 e. The van der Waals surface area contributed by atoms with Gasteiger partial charge in [-0.2, -0.15) is 15.0 Å². The first-order chi connectivity index (χ1) is 8.56. The molecule has 0 aliphatic heterocycles. The average molecular weight is 261 g/mol. The van der Waals surface area contributed by atoms with Gasteiger partial charge >= 0.3 is 6.01 Å². The summed E-state index contributed by atoms with van der Waals surface area (Å²) in [4.78, 5) is 13.2. The average Bonchev–Trinajstić information content (AvgIpc) is 2.35. The molecular formula is C10H17F2N5O. The highest BCUT2D eigenvalue weighted by Crippen LogP contribution is 2.14. The van der Waals surface area contributed by atoms with Crippen LogP contribution in [0.1, 0.15) is 13.3 Å². The Balaban J connectivity index is 2.88. The smallest absolute Gasteiger partial charge is 0.323 e. The molecule has 8 heteroatoms. The number of alkyl halides is 2. The van der Waals surface area contributed by atoms with Gasteiger partial charge in [-0.1, -0.05) is 6.92 Å². The SMILES string of the molecule is CCCOc1nc(NC)nc(N(C)CC(F)F)n1. The summed E-state index contributed by atoms with van der Waals surface area (Å²) >= 11 is 0. The number of hydrogen-bond donors (Lipinski definition) is 1. The first kappa shape index (κ1) is 14.3. The van der Waals surface area contributed by atoms with Crippen molar-refractivity contribution in [3.8, 4) is 6.01 Å². The third-order valence-corrected chi connectivity index (χ3v) is 2.02. The van der Waals surface area contributed by atoms with Crippen LogP contribution in [-0.4, -0.2) is 48.6 Å². The largest absolute Gasteiger partial charge is 0.463 e. The molecular weight excluding hydrogens is 244 g/mol. The molecule has 18 heavy (non-hydrogen) atoms. The zero-order chi connectivity index (χ0) is 13.5. The molecule has 102 valence electrons. The third kappa shape index (κ3) is 4.27. The fraction of sp³-hybridized carbons (Fsp3) is 0.700. The lowest BCUT2D eigenvalue weighted by molar-refractivity contribution is 0.156. The Kier molecular flexibility index (Phi) is 5.47. The number of hydrogen-bond acceptors (Lipinski definition) is 6. The molecule has 0 aliphatic rings.